The third kappa shape index (κ3) is 2.43. The van der Waals surface area contributed by atoms with Gasteiger partial charge in [-0.05, 0) is 27.3 Å². The van der Waals surface area contributed by atoms with E-state index in [2.05, 4.69) is 27.5 Å². The van der Waals surface area contributed by atoms with Crippen LogP contribution in [0.4, 0.5) is 0 Å². The highest BCUT2D eigenvalue weighted by atomic mass is 16.5. The van der Waals surface area contributed by atoms with Crippen LogP contribution >= 0.6 is 0 Å². The minimum atomic E-state index is 0.310. The van der Waals surface area contributed by atoms with E-state index in [9.17, 15) is 0 Å². The maximum absolute atomic E-state index is 5.29. The van der Waals surface area contributed by atoms with Gasteiger partial charge >= 0.3 is 0 Å². The van der Waals surface area contributed by atoms with Crippen molar-refractivity contribution in [1.82, 2.24) is 20.6 Å². The Morgan fingerprint density at radius 1 is 1.28 bits per heavy atom. The SMILES string of the molecule is CCc1noc(C)c1-c1nc(CC(C)NC)no1. The van der Waals surface area contributed by atoms with Gasteiger partial charge in [0.15, 0.2) is 5.82 Å². The summed E-state index contributed by atoms with van der Waals surface area (Å²) in [5, 5.41) is 11.1. The second kappa shape index (κ2) is 5.30. The summed E-state index contributed by atoms with van der Waals surface area (Å²) in [5.41, 5.74) is 1.68. The summed E-state index contributed by atoms with van der Waals surface area (Å²) in [5.74, 6) is 1.89. The molecular formula is C12H18N4O2. The number of aryl methyl sites for hydroxylation is 2. The number of nitrogens with zero attached hydrogens (tertiary/aromatic N) is 3. The molecule has 2 aromatic rings. The van der Waals surface area contributed by atoms with Crippen molar-refractivity contribution in [1.29, 1.82) is 0 Å². The van der Waals surface area contributed by atoms with Crippen LogP contribution in [0.15, 0.2) is 9.05 Å². The molecular weight excluding hydrogens is 232 g/mol. The normalized spacial score (nSPS) is 12.9. The molecule has 0 radical (unpaired) electrons. The molecule has 18 heavy (non-hydrogen) atoms. The van der Waals surface area contributed by atoms with Gasteiger partial charge in [0, 0.05) is 12.5 Å². The first-order chi connectivity index (χ1) is 8.65. The van der Waals surface area contributed by atoms with Gasteiger partial charge in [-0.3, -0.25) is 0 Å². The van der Waals surface area contributed by atoms with E-state index in [0.717, 1.165) is 24.1 Å². The third-order valence-corrected chi connectivity index (χ3v) is 2.93. The Bertz CT molecular complexity index is 518. The quantitative estimate of drug-likeness (QED) is 0.871. The molecule has 2 aromatic heterocycles. The smallest absolute Gasteiger partial charge is 0.263 e. The van der Waals surface area contributed by atoms with Gasteiger partial charge in [0.25, 0.3) is 5.89 Å². The topological polar surface area (TPSA) is 77.0 Å². The molecule has 1 unspecified atom stereocenters. The molecule has 0 aliphatic heterocycles. The summed E-state index contributed by atoms with van der Waals surface area (Å²) >= 11 is 0. The molecule has 1 atom stereocenters. The van der Waals surface area contributed by atoms with Gasteiger partial charge in [-0.25, -0.2) is 0 Å². The van der Waals surface area contributed by atoms with Gasteiger partial charge in [0.1, 0.15) is 11.3 Å². The summed E-state index contributed by atoms with van der Waals surface area (Å²) in [4.78, 5) is 4.39. The van der Waals surface area contributed by atoms with E-state index in [4.69, 9.17) is 9.05 Å². The van der Waals surface area contributed by atoms with Crippen LogP contribution in [-0.4, -0.2) is 28.4 Å². The zero-order valence-electron chi connectivity index (χ0n) is 11.1. The molecule has 0 aromatic carbocycles. The van der Waals surface area contributed by atoms with Crippen LogP contribution < -0.4 is 5.32 Å². The molecule has 0 fully saturated rings. The maximum Gasteiger partial charge on any atom is 0.263 e. The fraction of sp³-hybridized carbons (Fsp3) is 0.583. The van der Waals surface area contributed by atoms with Crippen LogP contribution in [0.5, 0.6) is 0 Å². The minimum absolute atomic E-state index is 0.310. The molecule has 2 heterocycles. The number of likely N-dealkylation sites (N-methyl/N-ethyl adjacent to an activating group) is 1. The van der Waals surface area contributed by atoms with E-state index in [1.165, 1.54) is 0 Å². The predicted molar refractivity (Wildman–Crippen MR) is 66.1 cm³/mol. The third-order valence-electron chi connectivity index (χ3n) is 2.93. The lowest BCUT2D eigenvalue weighted by Gasteiger charge is -2.04. The lowest BCUT2D eigenvalue weighted by atomic mass is 10.1. The van der Waals surface area contributed by atoms with Gasteiger partial charge in [0.2, 0.25) is 0 Å². The van der Waals surface area contributed by atoms with Gasteiger partial charge in [-0.1, -0.05) is 17.2 Å². The van der Waals surface area contributed by atoms with E-state index in [1.54, 1.807) is 0 Å². The number of hydrogen-bond donors (Lipinski definition) is 1. The molecule has 0 aliphatic rings. The van der Waals surface area contributed by atoms with Crippen molar-refractivity contribution in [3.8, 4) is 11.5 Å². The largest absolute Gasteiger partial charge is 0.361 e. The second-order valence-corrected chi connectivity index (χ2v) is 4.32. The molecule has 0 saturated heterocycles. The average molecular weight is 250 g/mol. The molecule has 98 valence electrons. The average Bonchev–Trinajstić information content (AvgIpc) is 2.95. The lowest BCUT2D eigenvalue weighted by Crippen LogP contribution is -2.24. The van der Waals surface area contributed by atoms with Crippen molar-refractivity contribution in [3.63, 3.8) is 0 Å². The summed E-state index contributed by atoms with van der Waals surface area (Å²) in [6.45, 7) is 5.93. The van der Waals surface area contributed by atoms with E-state index in [1.807, 2.05) is 20.9 Å². The van der Waals surface area contributed by atoms with Crippen LogP contribution in [0.25, 0.3) is 11.5 Å². The first-order valence-electron chi connectivity index (χ1n) is 6.11. The Balaban J connectivity index is 2.26. The monoisotopic (exact) mass is 250 g/mol. The van der Waals surface area contributed by atoms with Crippen molar-refractivity contribution in [2.24, 2.45) is 0 Å². The Morgan fingerprint density at radius 2 is 2.06 bits per heavy atom. The Kier molecular flexibility index (Phi) is 3.76. The molecule has 6 heteroatoms. The fourth-order valence-electron chi connectivity index (χ4n) is 1.75. The molecule has 0 saturated carbocycles. The molecule has 0 bridgehead atoms. The summed E-state index contributed by atoms with van der Waals surface area (Å²) in [6, 6.07) is 0.310. The molecule has 6 nitrogen and oxygen atoms in total. The summed E-state index contributed by atoms with van der Waals surface area (Å²) in [7, 11) is 1.91. The number of rotatable bonds is 5. The van der Waals surface area contributed by atoms with Crippen molar-refractivity contribution in [2.45, 2.75) is 39.7 Å². The van der Waals surface area contributed by atoms with Crippen LogP contribution in [0.2, 0.25) is 0 Å². The van der Waals surface area contributed by atoms with Crippen molar-refractivity contribution in [3.05, 3.63) is 17.3 Å². The van der Waals surface area contributed by atoms with E-state index in [0.29, 0.717) is 23.5 Å². The Morgan fingerprint density at radius 3 is 2.72 bits per heavy atom. The highest BCUT2D eigenvalue weighted by Crippen LogP contribution is 2.26. The van der Waals surface area contributed by atoms with Crippen LogP contribution in [-0.2, 0) is 12.8 Å². The van der Waals surface area contributed by atoms with Crippen LogP contribution in [0, 0.1) is 6.92 Å². The van der Waals surface area contributed by atoms with Gasteiger partial charge < -0.3 is 14.4 Å². The minimum Gasteiger partial charge on any atom is -0.361 e. The lowest BCUT2D eigenvalue weighted by molar-refractivity contribution is 0.390. The number of hydrogen-bond acceptors (Lipinski definition) is 6. The molecule has 0 aliphatic carbocycles. The summed E-state index contributed by atoms with van der Waals surface area (Å²) in [6.07, 6.45) is 1.50. The zero-order valence-corrected chi connectivity index (χ0v) is 11.1. The van der Waals surface area contributed by atoms with Gasteiger partial charge in [-0.2, -0.15) is 4.98 Å². The Hall–Kier alpha value is -1.69. The fourth-order valence-corrected chi connectivity index (χ4v) is 1.75. The number of aromatic nitrogens is 3. The highest BCUT2D eigenvalue weighted by Gasteiger charge is 2.20. The zero-order chi connectivity index (χ0) is 13.1. The first kappa shape index (κ1) is 12.8. The van der Waals surface area contributed by atoms with E-state index >= 15 is 0 Å². The van der Waals surface area contributed by atoms with Gasteiger partial charge in [-0.15, -0.1) is 0 Å². The van der Waals surface area contributed by atoms with E-state index in [-0.39, 0.29) is 0 Å². The molecule has 0 amide bonds. The summed E-state index contributed by atoms with van der Waals surface area (Å²) < 4.78 is 10.5. The van der Waals surface area contributed by atoms with Gasteiger partial charge in [0.05, 0.1) is 5.69 Å². The molecule has 1 N–H and O–H groups in total. The molecule has 2 rings (SSSR count). The van der Waals surface area contributed by atoms with Crippen LogP contribution in [0.3, 0.4) is 0 Å². The number of nitrogens with one attached hydrogen (secondary N) is 1. The van der Waals surface area contributed by atoms with Crippen molar-refractivity contribution in [2.75, 3.05) is 7.05 Å². The maximum atomic E-state index is 5.29. The second-order valence-electron chi connectivity index (χ2n) is 4.32. The highest BCUT2D eigenvalue weighted by molar-refractivity contribution is 5.58. The standard InChI is InChI=1S/C12H18N4O2/c1-5-9-11(8(3)17-15-9)12-14-10(16-18-12)6-7(2)13-4/h7,13H,5-6H2,1-4H3. The molecule has 0 spiro atoms. The first-order valence-corrected chi connectivity index (χ1v) is 6.11. The van der Waals surface area contributed by atoms with Crippen LogP contribution in [0.1, 0.15) is 31.1 Å². The Labute approximate surface area is 106 Å². The van der Waals surface area contributed by atoms with E-state index < -0.39 is 0 Å². The predicted octanol–water partition coefficient (Wildman–Crippen LogP) is 1.75. The van der Waals surface area contributed by atoms with Crippen molar-refractivity contribution < 1.29 is 9.05 Å². The van der Waals surface area contributed by atoms with Crippen molar-refractivity contribution >= 4 is 0 Å².